The zero-order chi connectivity index (χ0) is 14.3. The van der Waals surface area contributed by atoms with Gasteiger partial charge in [-0.25, -0.2) is 14.4 Å². The molecule has 0 N–H and O–H groups in total. The number of rotatable bonds is 2. The quantitative estimate of drug-likeness (QED) is 0.663. The van der Waals surface area contributed by atoms with E-state index < -0.39 is 0 Å². The van der Waals surface area contributed by atoms with Crippen molar-refractivity contribution in [1.29, 1.82) is 0 Å². The van der Waals surface area contributed by atoms with Crippen LogP contribution in [0, 0.1) is 12.7 Å². The molecule has 0 spiro atoms. The van der Waals surface area contributed by atoms with Crippen molar-refractivity contribution >= 4 is 34.2 Å². The zero-order valence-electron chi connectivity index (χ0n) is 10.6. The molecule has 0 aliphatic heterocycles. The zero-order valence-corrected chi connectivity index (χ0v) is 12.1. The number of pyridine rings is 1. The van der Waals surface area contributed by atoms with Gasteiger partial charge >= 0.3 is 0 Å². The SMILES string of the molecule is Cc1nc2c(Cl)nc(Cl)cc2n1Cc1ccc(F)cc1. The van der Waals surface area contributed by atoms with Crippen LogP contribution in [0.4, 0.5) is 4.39 Å². The van der Waals surface area contributed by atoms with E-state index in [-0.39, 0.29) is 11.0 Å². The van der Waals surface area contributed by atoms with Crippen molar-refractivity contribution in [3.8, 4) is 0 Å². The van der Waals surface area contributed by atoms with E-state index in [9.17, 15) is 4.39 Å². The van der Waals surface area contributed by atoms with Crippen molar-refractivity contribution in [2.45, 2.75) is 13.5 Å². The molecule has 0 radical (unpaired) electrons. The molecule has 2 aromatic heterocycles. The third-order valence-corrected chi connectivity index (χ3v) is 3.56. The Bertz CT molecular complexity index is 781. The second-order valence-electron chi connectivity index (χ2n) is 4.48. The Labute approximate surface area is 125 Å². The highest BCUT2D eigenvalue weighted by molar-refractivity contribution is 6.36. The van der Waals surface area contributed by atoms with Crippen LogP contribution in [0.15, 0.2) is 30.3 Å². The van der Waals surface area contributed by atoms with Crippen LogP contribution in [0.25, 0.3) is 11.0 Å². The largest absolute Gasteiger partial charge is 0.324 e. The summed E-state index contributed by atoms with van der Waals surface area (Å²) in [6, 6.07) is 8.08. The van der Waals surface area contributed by atoms with E-state index in [1.807, 2.05) is 11.5 Å². The molecular weight excluding hydrogens is 300 g/mol. The average molecular weight is 310 g/mol. The fraction of sp³-hybridized carbons (Fsp3) is 0.143. The topological polar surface area (TPSA) is 30.7 Å². The first-order valence-corrected chi connectivity index (χ1v) is 6.73. The highest BCUT2D eigenvalue weighted by Gasteiger charge is 2.13. The first kappa shape index (κ1) is 13.3. The number of fused-ring (bicyclic) bond motifs is 1. The summed E-state index contributed by atoms with van der Waals surface area (Å²) in [6.45, 7) is 2.45. The first-order chi connectivity index (χ1) is 9.54. The number of hydrogen-bond donors (Lipinski definition) is 0. The lowest BCUT2D eigenvalue weighted by Gasteiger charge is -2.07. The molecule has 0 atom stereocenters. The average Bonchev–Trinajstić information content (AvgIpc) is 2.70. The Hall–Kier alpha value is -1.65. The minimum atomic E-state index is -0.253. The Kier molecular flexibility index (Phi) is 3.36. The highest BCUT2D eigenvalue weighted by atomic mass is 35.5. The fourth-order valence-corrected chi connectivity index (χ4v) is 2.60. The number of aryl methyl sites for hydroxylation is 1. The van der Waals surface area contributed by atoms with E-state index >= 15 is 0 Å². The summed E-state index contributed by atoms with van der Waals surface area (Å²) < 4.78 is 14.9. The standard InChI is InChI=1S/C14H10Cl2FN3/c1-8-18-13-11(6-12(15)19-14(13)16)20(8)7-9-2-4-10(17)5-3-9/h2-6H,7H2,1H3. The van der Waals surface area contributed by atoms with Crippen LogP contribution >= 0.6 is 23.2 Å². The van der Waals surface area contributed by atoms with E-state index in [2.05, 4.69) is 9.97 Å². The molecule has 3 aromatic rings. The molecule has 3 rings (SSSR count). The van der Waals surface area contributed by atoms with E-state index in [1.165, 1.54) is 12.1 Å². The van der Waals surface area contributed by atoms with Crippen molar-refractivity contribution in [3.05, 3.63) is 57.8 Å². The molecule has 102 valence electrons. The number of aromatic nitrogens is 3. The van der Waals surface area contributed by atoms with E-state index in [0.717, 1.165) is 16.9 Å². The van der Waals surface area contributed by atoms with Crippen LogP contribution in [-0.4, -0.2) is 14.5 Å². The molecule has 0 fully saturated rings. The van der Waals surface area contributed by atoms with Gasteiger partial charge in [-0.2, -0.15) is 0 Å². The van der Waals surface area contributed by atoms with Gasteiger partial charge in [-0.1, -0.05) is 35.3 Å². The van der Waals surface area contributed by atoms with Crippen molar-refractivity contribution in [2.75, 3.05) is 0 Å². The lowest BCUT2D eigenvalue weighted by atomic mass is 10.2. The highest BCUT2D eigenvalue weighted by Crippen LogP contribution is 2.26. The maximum atomic E-state index is 12.9. The van der Waals surface area contributed by atoms with E-state index in [0.29, 0.717) is 17.2 Å². The van der Waals surface area contributed by atoms with Gasteiger partial charge in [0.25, 0.3) is 0 Å². The lowest BCUT2D eigenvalue weighted by Crippen LogP contribution is -2.02. The first-order valence-electron chi connectivity index (χ1n) is 5.98. The van der Waals surface area contributed by atoms with Crippen LogP contribution in [-0.2, 0) is 6.54 Å². The molecule has 3 nitrogen and oxygen atoms in total. The predicted octanol–water partition coefficient (Wildman–Crippen LogP) is 4.23. The summed E-state index contributed by atoms with van der Waals surface area (Å²) in [5.41, 5.74) is 2.41. The smallest absolute Gasteiger partial charge is 0.158 e. The maximum absolute atomic E-state index is 12.9. The van der Waals surface area contributed by atoms with Gasteiger partial charge in [0.05, 0.1) is 5.52 Å². The van der Waals surface area contributed by atoms with E-state index in [1.54, 1.807) is 18.2 Å². The van der Waals surface area contributed by atoms with Gasteiger partial charge in [0.2, 0.25) is 0 Å². The molecule has 0 aliphatic carbocycles. The van der Waals surface area contributed by atoms with Crippen molar-refractivity contribution in [1.82, 2.24) is 14.5 Å². The third-order valence-electron chi connectivity index (χ3n) is 3.11. The molecule has 0 unspecified atom stereocenters. The Morgan fingerprint density at radius 3 is 2.55 bits per heavy atom. The summed E-state index contributed by atoms with van der Waals surface area (Å²) in [5, 5.41) is 0.608. The minimum absolute atomic E-state index is 0.253. The number of hydrogen-bond acceptors (Lipinski definition) is 2. The normalized spacial score (nSPS) is 11.2. The minimum Gasteiger partial charge on any atom is -0.324 e. The predicted molar refractivity (Wildman–Crippen MR) is 77.8 cm³/mol. The van der Waals surface area contributed by atoms with Gasteiger partial charge in [0.1, 0.15) is 22.3 Å². The Morgan fingerprint density at radius 2 is 1.85 bits per heavy atom. The van der Waals surface area contributed by atoms with Crippen LogP contribution in [0.1, 0.15) is 11.4 Å². The number of nitrogens with zero attached hydrogens (tertiary/aromatic N) is 3. The van der Waals surface area contributed by atoms with Gasteiger partial charge in [-0.15, -0.1) is 0 Å². The molecule has 6 heteroatoms. The summed E-state index contributed by atoms with van der Waals surface area (Å²) in [5.74, 6) is 0.548. The van der Waals surface area contributed by atoms with Crippen molar-refractivity contribution in [2.24, 2.45) is 0 Å². The van der Waals surface area contributed by atoms with Crippen molar-refractivity contribution in [3.63, 3.8) is 0 Å². The van der Waals surface area contributed by atoms with Crippen LogP contribution < -0.4 is 0 Å². The second kappa shape index (κ2) is 5.04. The summed E-state index contributed by atoms with van der Waals surface area (Å²) in [4.78, 5) is 8.38. The van der Waals surface area contributed by atoms with Gasteiger partial charge in [0.15, 0.2) is 5.15 Å². The van der Waals surface area contributed by atoms with Crippen molar-refractivity contribution < 1.29 is 4.39 Å². The Balaban J connectivity index is 2.11. The monoisotopic (exact) mass is 309 g/mol. The fourth-order valence-electron chi connectivity index (χ4n) is 2.14. The second-order valence-corrected chi connectivity index (χ2v) is 5.22. The number of benzene rings is 1. The molecule has 0 saturated heterocycles. The molecule has 2 heterocycles. The molecule has 0 bridgehead atoms. The van der Waals surface area contributed by atoms with Gasteiger partial charge < -0.3 is 4.57 Å². The third kappa shape index (κ3) is 2.37. The number of halogens is 3. The lowest BCUT2D eigenvalue weighted by molar-refractivity contribution is 0.626. The summed E-state index contributed by atoms with van der Waals surface area (Å²) in [7, 11) is 0. The van der Waals surface area contributed by atoms with Crippen LogP contribution in [0.3, 0.4) is 0 Å². The maximum Gasteiger partial charge on any atom is 0.158 e. The number of imidazole rings is 1. The molecule has 20 heavy (non-hydrogen) atoms. The van der Waals surface area contributed by atoms with Gasteiger partial charge in [-0.05, 0) is 24.6 Å². The molecule has 0 aliphatic rings. The molecular formula is C14H10Cl2FN3. The van der Waals surface area contributed by atoms with Gasteiger partial charge in [0, 0.05) is 12.6 Å². The Morgan fingerprint density at radius 1 is 1.15 bits per heavy atom. The van der Waals surface area contributed by atoms with Crippen LogP contribution in [0.5, 0.6) is 0 Å². The van der Waals surface area contributed by atoms with E-state index in [4.69, 9.17) is 23.2 Å². The molecule has 0 saturated carbocycles. The summed E-state index contributed by atoms with van der Waals surface area (Å²) in [6.07, 6.45) is 0. The molecule has 1 aromatic carbocycles. The molecule has 0 amide bonds. The van der Waals surface area contributed by atoms with Crippen LogP contribution in [0.2, 0.25) is 10.3 Å². The van der Waals surface area contributed by atoms with Gasteiger partial charge in [-0.3, -0.25) is 0 Å². The summed E-state index contributed by atoms with van der Waals surface area (Å²) >= 11 is 12.0.